The molecule has 0 bridgehead atoms. The predicted octanol–water partition coefficient (Wildman–Crippen LogP) is 1.50. The number of fused-ring (bicyclic) bond motifs is 1. The summed E-state index contributed by atoms with van der Waals surface area (Å²) in [6, 6.07) is 2.04. The molecule has 1 aromatic heterocycles. The lowest BCUT2D eigenvalue weighted by molar-refractivity contribution is 0.0779. The van der Waals surface area contributed by atoms with Crippen molar-refractivity contribution in [2.75, 3.05) is 18.8 Å². The lowest BCUT2D eigenvalue weighted by Gasteiger charge is -2.16. The molecule has 0 saturated carbocycles. The van der Waals surface area contributed by atoms with E-state index in [4.69, 9.17) is 0 Å². The number of rotatable bonds is 4. The van der Waals surface area contributed by atoms with Gasteiger partial charge in [0.15, 0.2) is 9.84 Å². The van der Waals surface area contributed by atoms with E-state index in [-0.39, 0.29) is 22.8 Å². The van der Waals surface area contributed by atoms with Gasteiger partial charge in [-0.05, 0) is 31.2 Å². The average molecular weight is 325 g/mol. The van der Waals surface area contributed by atoms with Gasteiger partial charge in [-0.3, -0.25) is 9.48 Å². The minimum atomic E-state index is -3.01. The van der Waals surface area contributed by atoms with Gasteiger partial charge < -0.3 is 4.90 Å². The van der Waals surface area contributed by atoms with E-state index in [1.807, 2.05) is 10.9 Å². The minimum absolute atomic E-state index is 0.107. The molecule has 0 unspecified atom stereocenters. The Labute approximate surface area is 131 Å². The molecular formula is C15H23N3O3S. The van der Waals surface area contributed by atoms with E-state index in [1.54, 1.807) is 11.0 Å². The van der Waals surface area contributed by atoms with Crippen LogP contribution >= 0.6 is 0 Å². The summed E-state index contributed by atoms with van der Waals surface area (Å²) in [5.74, 6) is 0.234. The monoisotopic (exact) mass is 325 g/mol. The Kier molecular flexibility index (Phi) is 4.01. The zero-order chi connectivity index (χ0) is 15.9. The maximum absolute atomic E-state index is 12.6. The number of carbonyl (C=O) groups excluding carboxylic acids is 1. The van der Waals surface area contributed by atoms with Crippen molar-refractivity contribution in [1.29, 1.82) is 0 Å². The van der Waals surface area contributed by atoms with E-state index in [9.17, 15) is 13.2 Å². The van der Waals surface area contributed by atoms with Crippen LogP contribution in [0, 0.1) is 5.92 Å². The number of nitrogens with zero attached hydrogens (tertiary/aromatic N) is 3. The van der Waals surface area contributed by atoms with Crippen LogP contribution in [0.1, 0.15) is 49.6 Å². The molecule has 2 atom stereocenters. The van der Waals surface area contributed by atoms with Crippen LogP contribution in [-0.2, 0) is 9.84 Å². The van der Waals surface area contributed by atoms with Crippen molar-refractivity contribution < 1.29 is 13.2 Å². The lowest BCUT2D eigenvalue weighted by atomic mass is 10.1. The van der Waals surface area contributed by atoms with Crippen LogP contribution < -0.4 is 0 Å². The van der Waals surface area contributed by atoms with Gasteiger partial charge in [-0.15, -0.1) is 0 Å². The maximum atomic E-state index is 12.6. The van der Waals surface area contributed by atoms with Crippen LogP contribution in [0.15, 0.2) is 12.3 Å². The summed E-state index contributed by atoms with van der Waals surface area (Å²) in [7, 11) is -3.01. The summed E-state index contributed by atoms with van der Waals surface area (Å²) < 4.78 is 25.8. The lowest BCUT2D eigenvalue weighted by Crippen LogP contribution is -2.32. The number of likely N-dealkylation sites (tertiary alicyclic amines) is 1. The van der Waals surface area contributed by atoms with Crippen LogP contribution in [0.5, 0.6) is 0 Å². The van der Waals surface area contributed by atoms with Gasteiger partial charge in [0.1, 0.15) is 5.69 Å². The highest BCUT2D eigenvalue weighted by atomic mass is 32.2. The molecule has 1 amide bonds. The van der Waals surface area contributed by atoms with Crippen molar-refractivity contribution in [2.24, 2.45) is 5.92 Å². The van der Waals surface area contributed by atoms with Crippen molar-refractivity contribution in [3.05, 3.63) is 18.0 Å². The standard InChI is InChI=1S/C15H23N3O3S/c1-3-12(4-2)18-7-5-13(16-18)15(19)17-9-11-6-8-22(20,21)14(11)10-17/h5,7,11-12,14H,3-4,6,8-10H2,1-2H3/t11-,14+/m0/s1. The van der Waals surface area contributed by atoms with Gasteiger partial charge in [-0.2, -0.15) is 5.10 Å². The van der Waals surface area contributed by atoms with Crippen LogP contribution in [0.3, 0.4) is 0 Å². The summed E-state index contributed by atoms with van der Waals surface area (Å²) in [5.41, 5.74) is 0.421. The highest BCUT2D eigenvalue weighted by Gasteiger charge is 2.47. The van der Waals surface area contributed by atoms with E-state index >= 15 is 0 Å². The van der Waals surface area contributed by atoms with Gasteiger partial charge in [-0.25, -0.2) is 8.42 Å². The molecule has 1 aromatic rings. The molecule has 2 aliphatic heterocycles. The normalized spacial score (nSPS) is 26.6. The van der Waals surface area contributed by atoms with Crippen LogP contribution in [0.4, 0.5) is 0 Å². The molecule has 6 nitrogen and oxygen atoms in total. The summed E-state index contributed by atoms with van der Waals surface area (Å²) in [6.07, 6.45) is 4.47. The number of aromatic nitrogens is 2. The number of carbonyl (C=O) groups is 1. The average Bonchev–Trinajstić information content (AvgIpc) is 3.18. The Bertz CT molecular complexity index is 663. The van der Waals surface area contributed by atoms with Gasteiger partial charge in [-0.1, -0.05) is 13.8 Å². The first-order valence-electron chi connectivity index (χ1n) is 8.02. The Morgan fingerprint density at radius 1 is 1.36 bits per heavy atom. The fraction of sp³-hybridized carbons (Fsp3) is 0.733. The molecule has 7 heteroatoms. The second-order valence-corrected chi connectivity index (χ2v) is 8.66. The quantitative estimate of drug-likeness (QED) is 0.841. The Morgan fingerprint density at radius 2 is 2.09 bits per heavy atom. The number of sulfone groups is 1. The van der Waals surface area contributed by atoms with E-state index in [1.165, 1.54) is 0 Å². The highest BCUT2D eigenvalue weighted by Crippen LogP contribution is 2.34. The van der Waals surface area contributed by atoms with Crippen molar-refractivity contribution >= 4 is 15.7 Å². The van der Waals surface area contributed by atoms with Gasteiger partial charge >= 0.3 is 0 Å². The first kappa shape index (κ1) is 15.5. The van der Waals surface area contributed by atoms with Gasteiger partial charge in [0.25, 0.3) is 5.91 Å². The maximum Gasteiger partial charge on any atom is 0.274 e. The van der Waals surface area contributed by atoms with Gasteiger partial charge in [0, 0.05) is 19.3 Å². The highest BCUT2D eigenvalue weighted by molar-refractivity contribution is 7.92. The van der Waals surface area contributed by atoms with Crippen molar-refractivity contribution in [3.63, 3.8) is 0 Å². The smallest absolute Gasteiger partial charge is 0.274 e. The fourth-order valence-electron chi connectivity index (χ4n) is 3.64. The van der Waals surface area contributed by atoms with Crippen molar-refractivity contribution in [2.45, 2.75) is 44.4 Å². The molecule has 2 aliphatic rings. The topological polar surface area (TPSA) is 72.3 Å². The minimum Gasteiger partial charge on any atom is -0.336 e. The molecule has 3 rings (SSSR count). The third-order valence-electron chi connectivity index (χ3n) is 5.05. The Morgan fingerprint density at radius 3 is 2.73 bits per heavy atom. The van der Waals surface area contributed by atoms with Gasteiger partial charge in [0.2, 0.25) is 0 Å². The van der Waals surface area contributed by atoms with E-state index < -0.39 is 9.84 Å². The molecule has 122 valence electrons. The summed E-state index contributed by atoms with van der Waals surface area (Å²) in [5, 5.41) is 4.04. The Hall–Kier alpha value is -1.37. The van der Waals surface area contributed by atoms with Crippen molar-refractivity contribution in [1.82, 2.24) is 14.7 Å². The molecule has 0 spiro atoms. The first-order chi connectivity index (χ1) is 10.5. The van der Waals surface area contributed by atoms with E-state index in [0.717, 1.165) is 12.8 Å². The van der Waals surface area contributed by atoms with Crippen LogP contribution in [-0.4, -0.2) is 53.1 Å². The van der Waals surface area contributed by atoms with Crippen LogP contribution in [0.25, 0.3) is 0 Å². The van der Waals surface area contributed by atoms with Crippen LogP contribution in [0.2, 0.25) is 0 Å². The number of amides is 1. The third kappa shape index (κ3) is 2.55. The second kappa shape index (κ2) is 5.68. The first-order valence-corrected chi connectivity index (χ1v) is 9.73. The summed E-state index contributed by atoms with van der Waals surface area (Å²) in [4.78, 5) is 14.2. The molecule has 0 N–H and O–H groups in total. The molecule has 0 aliphatic carbocycles. The van der Waals surface area contributed by atoms with E-state index in [2.05, 4.69) is 18.9 Å². The van der Waals surface area contributed by atoms with Gasteiger partial charge in [0.05, 0.1) is 17.0 Å². The summed E-state index contributed by atoms with van der Waals surface area (Å²) >= 11 is 0. The second-order valence-electron chi connectivity index (χ2n) is 6.32. The predicted molar refractivity (Wildman–Crippen MR) is 83.4 cm³/mol. The molecule has 3 heterocycles. The third-order valence-corrected chi connectivity index (χ3v) is 7.31. The zero-order valence-electron chi connectivity index (χ0n) is 13.1. The van der Waals surface area contributed by atoms with Crippen molar-refractivity contribution in [3.8, 4) is 0 Å². The number of hydrogen-bond acceptors (Lipinski definition) is 4. The van der Waals surface area contributed by atoms with E-state index in [0.29, 0.717) is 31.2 Å². The molecule has 0 radical (unpaired) electrons. The fourth-order valence-corrected chi connectivity index (χ4v) is 5.79. The summed E-state index contributed by atoms with van der Waals surface area (Å²) in [6.45, 7) is 5.07. The Balaban J connectivity index is 1.73. The molecule has 2 fully saturated rings. The SMILES string of the molecule is CCC(CC)n1ccc(C(=O)N2C[C@@H]3CCS(=O)(=O)[C@@H]3C2)n1. The zero-order valence-corrected chi connectivity index (χ0v) is 13.9. The molecule has 22 heavy (non-hydrogen) atoms. The molecule has 2 saturated heterocycles. The largest absolute Gasteiger partial charge is 0.336 e. The molecule has 0 aromatic carbocycles. The number of hydrogen-bond donors (Lipinski definition) is 0. The molecular weight excluding hydrogens is 302 g/mol.